The van der Waals surface area contributed by atoms with Gasteiger partial charge in [0.2, 0.25) is 0 Å². The maximum absolute atomic E-state index is 13.5. The predicted molar refractivity (Wildman–Crippen MR) is 72.7 cm³/mol. The minimum Gasteiger partial charge on any atom is -0.382 e. The average Bonchev–Trinajstić information content (AvgIpc) is 2.29. The van der Waals surface area contributed by atoms with Crippen LogP contribution in [0.2, 0.25) is 0 Å². The van der Waals surface area contributed by atoms with Crippen LogP contribution < -0.4 is 11.1 Å². The maximum Gasteiger partial charge on any atom is 0.139 e. The van der Waals surface area contributed by atoms with Crippen LogP contribution in [0.25, 0.3) is 0 Å². The third-order valence-corrected chi connectivity index (χ3v) is 4.01. The number of nitrogens with two attached hydrogens (primary N) is 1. The van der Waals surface area contributed by atoms with Crippen molar-refractivity contribution in [2.45, 2.75) is 44.7 Å². The Morgan fingerprint density at radius 2 is 1.94 bits per heavy atom. The Labute approximate surface area is 110 Å². The Hall–Kier alpha value is -0.610. The van der Waals surface area contributed by atoms with Crippen molar-refractivity contribution in [3.8, 4) is 0 Å². The van der Waals surface area contributed by atoms with Crippen molar-refractivity contribution in [3.05, 3.63) is 28.0 Å². The van der Waals surface area contributed by atoms with Crippen LogP contribution in [0.15, 0.2) is 16.6 Å². The van der Waals surface area contributed by atoms with E-state index in [1.165, 1.54) is 0 Å². The number of halogens is 2. The van der Waals surface area contributed by atoms with Crippen LogP contribution in [0.1, 0.15) is 31.2 Å². The van der Waals surface area contributed by atoms with Gasteiger partial charge < -0.3 is 11.1 Å². The molecule has 0 atom stereocenters. The maximum atomic E-state index is 13.5. The molecule has 0 aromatic heterocycles. The molecular weight excluding hydrogens is 283 g/mol. The van der Waals surface area contributed by atoms with E-state index in [1.54, 1.807) is 6.07 Å². The SMILES string of the molecule is Cc1cc(Br)c(F)cc1NC1CCC(N)CC1. The average molecular weight is 301 g/mol. The molecule has 1 aliphatic rings. The highest BCUT2D eigenvalue weighted by molar-refractivity contribution is 9.10. The third-order valence-electron chi connectivity index (χ3n) is 3.40. The molecular formula is C13H18BrFN2. The smallest absolute Gasteiger partial charge is 0.139 e. The molecule has 0 bridgehead atoms. The number of aryl methyl sites for hydroxylation is 1. The largest absolute Gasteiger partial charge is 0.382 e. The first-order valence-corrected chi connectivity index (χ1v) is 6.83. The third kappa shape index (κ3) is 3.19. The number of hydrogen-bond acceptors (Lipinski definition) is 2. The van der Waals surface area contributed by atoms with Gasteiger partial charge in [-0.3, -0.25) is 0 Å². The van der Waals surface area contributed by atoms with E-state index < -0.39 is 0 Å². The van der Waals surface area contributed by atoms with E-state index in [-0.39, 0.29) is 5.82 Å². The van der Waals surface area contributed by atoms with Crippen LogP contribution >= 0.6 is 15.9 Å². The monoisotopic (exact) mass is 300 g/mol. The standard InChI is InChI=1S/C13H18BrFN2/c1-8-6-11(14)12(15)7-13(8)17-10-4-2-9(16)3-5-10/h6-7,9-10,17H,2-5,16H2,1H3. The molecule has 4 heteroatoms. The van der Waals surface area contributed by atoms with E-state index in [9.17, 15) is 4.39 Å². The van der Waals surface area contributed by atoms with Gasteiger partial charge in [0.05, 0.1) is 4.47 Å². The van der Waals surface area contributed by atoms with Crippen molar-refractivity contribution in [1.82, 2.24) is 0 Å². The van der Waals surface area contributed by atoms with Crippen molar-refractivity contribution >= 4 is 21.6 Å². The summed E-state index contributed by atoms with van der Waals surface area (Å²) in [5, 5.41) is 3.42. The van der Waals surface area contributed by atoms with Crippen LogP contribution in [0.5, 0.6) is 0 Å². The zero-order valence-electron chi connectivity index (χ0n) is 9.97. The molecule has 1 aromatic rings. The van der Waals surface area contributed by atoms with Gasteiger partial charge in [-0.25, -0.2) is 4.39 Å². The lowest BCUT2D eigenvalue weighted by Crippen LogP contribution is -2.33. The fourth-order valence-electron chi connectivity index (χ4n) is 2.29. The molecule has 0 unspecified atom stereocenters. The first-order valence-electron chi connectivity index (χ1n) is 6.04. The van der Waals surface area contributed by atoms with Crippen molar-refractivity contribution in [2.24, 2.45) is 5.73 Å². The first-order chi connectivity index (χ1) is 8.06. The van der Waals surface area contributed by atoms with E-state index in [0.29, 0.717) is 16.6 Å². The van der Waals surface area contributed by atoms with Gasteiger partial charge in [-0.15, -0.1) is 0 Å². The molecule has 1 aromatic carbocycles. The molecule has 3 N–H and O–H groups in total. The molecule has 0 heterocycles. The summed E-state index contributed by atoms with van der Waals surface area (Å²) in [4.78, 5) is 0. The molecule has 0 amide bonds. The second-order valence-corrected chi connectivity index (χ2v) is 5.69. The fourth-order valence-corrected chi connectivity index (χ4v) is 2.74. The predicted octanol–water partition coefficient (Wildman–Crippen LogP) is 3.58. The highest BCUT2D eigenvalue weighted by Crippen LogP contribution is 2.27. The summed E-state index contributed by atoms with van der Waals surface area (Å²) in [5.74, 6) is -0.217. The second-order valence-electron chi connectivity index (χ2n) is 4.84. The van der Waals surface area contributed by atoms with Crippen molar-refractivity contribution in [3.63, 3.8) is 0 Å². The van der Waals surface area contributed by atoms with Gasteiger partial charge in [0.25, 0.3) is 0 Å². The molecule has 1 aliphatic carbocycles. The van der Waals surface area contributed by atoms with Crippen LogP contribution in [0.4, 0.5) is 10.1 Å². The normalized spacial score (nSPS) is 24.7. The van der Waals surface area contributed by atoms with Gasteiger partial charge in [-0.2, -0.15) is 0 Å². The Morgan fingerprint density at radius 3 is 2.59 bits per heavy atom. The van der Waals surface area contributed by atoms with E-state index in [0.717, 1.165) is 36.9 Å². The number of anilines is 1. The molecule has 1 fully saturated rings. The van der Waals surface area contributed by atoms with Crippen molar-refractivity contribution < 1.29 is 4.39 Å². The lowest BCUT2D eigenvalue weighted by atomic mass is 9.91. The molecule has 2 nitrogen and oxygen atoms in total. The first kappa shape index (κ1) is 12.8. The number of rotatable bonds is 2. The zero-order valence-corrected chi connectivity index (χ0v) is 11.6. The summed E-state index contributed by atoms with van der Waals surface area (Å²) in [5.41, 5.74) is 7.83. The fraction of sp³-hybridized carbons (Fsp3) is 0.538. The minimum atomic E-state index is -0.217. The van der Waals surface area contributed by atoms with Gasteiger partial charge in [0, 0.05) is 17.8 Å². The van der Waals surface area contributed by atoms with Gasteiger partial charge in [-0.05, 0) is 66.2 Å². The Kier molecular flexibility index (Phi) is 4.05. The topological polar surface area (TPSA) is 38.0 Å². The molecule has 2 rings (SSSR count). The van der Waals surface area contributed by atoms with Crippen molar-refractivity contribution in [2.75, 3.05) is 5.32 Å². The molecule has 0 saturated heterocycles. The number of hydrogen-bond donors (Lipinski definition) is 2. The van der Waals surface area contributed by atoms with Gasteiger partial charge in [0.1, 0.15) is 5.82 Å². The summed E-state index contributed by atoms with van der Waals surface area (Å²) in [6.45, 7) is 1.99. The second kappa shape index (κ2) is 5.36. The van der Waals surface area contributed by atoms with E-state index in [4.69, 9.17) is 5.73 Å². The lowest BCUT2D eigenvalue weighted by molar-refractivity contribution is 0.411. The van der Waals surface area contributed by atoms with E-state index >= 15 is 0 Å². The number of benzene rings is 1. The molecule has 1 saturated carbocycles. The molecule has 0 spiro atoms. The zero-order chi connectivity index (χ0) is 12.4. The Balaban J connectivity index is 2.06. The highest BCUT2D eigenvalue weighted by atomic mass is 79.9. The molecule has 0 radical (unpaired) electrons. The van der Waals surface area contributed by atoms with Gasteiger partial charge in [0.15, 0.2) is 0 Å². The summed E-state index contributed by atoms with van der Waals surface area (Å²) >= 11 is 3.19. The van der Waals surface area contributed by atoms with E-state index in [1.807, 2.05) is 13.0 Å². The highest BCUT2D eigenvalue weighted by Gasteiger charge is 2.19. The summed E-state index contributed by atoms with van der Waals surface area (Å²) in [6.07, 6.45) is 4.24. The van der Waals surface area contributed by atoms with Crippen LogP contribution in [-0.4, -0.2) is 12.1 Å². The quantitative estimate of drug-likeness (QED) is 0.876. The van der Waals surface area contributed by atoms with Crippen molar-refractivity contribution in [1.29, 1.82) is 0 Å². The summed E-state index contributed by atoms with van der Waals surface area (Å²) in [7, 11) is 0. The van der Waals surface area contributed by atoms with Crippen LogP contribution in [0, 0.1) is 12.7 Å². The number of nitrogens with one attached hydrogen (secondary N) is 1. The van der Waals surface area contributed by atoms with Gasteiger partial charge >= 0.3 is 0 Å². The molecule has 0 aliphatic heterocycles. The van der Waals surface area contributed by atoms with Crippen LogP contribution in [-0.2, 0) is 0 Å². The Bertz CT molecular complexity index is 401. The Morgan fingerprint density at radius 1 is 1.29 bits per heavy atom. The lowest BCUT2D eigenvalue weighted by Gasteiger charge is -2.28. The van der Waals surface area contributed by atoms with Crippen LogP contribution in [0.3, 0.4) is 0 Å². The summed E-state index contributed by atoms with van der Waals surface area (Å²) < 4.78 is 14.0. The van der Waals surface area contributed by atoms with Gasteiger partial charge in [-0.1, -0.05) is 0 Å². The minimum absolute atomic E-state index is 0.217. The molecule has 17 heavy (non-hydrogen) atoms. The molecule has 94 valence electrons. The van der Waals surface area contributed by atoms with E-state index in [2.05, 4.69) is 21.2 Å². The summed E-state index contributed by atoms with van der Waals surface area (Å²) in [6, 6.07) is 4.14.